The van der Waals surface area contributed by atoms with Crippen LogP contribution in [0.25, 0.3) is 0 Å². The highest BCUT2D eigenvalue weighted by Crippen LogP contribution is 2.14. The molecule has 0 aliphatic heterocycles. The fourth-order valence-electron chi connectivity index (χ4n) is 1.52. The Kier molecular flexibility index (Phi) is 6.22. The van der Waals surface area contributed by atoms with Crippen molar-refractivity contribution in [1.82, 2.24) is 5.32 Å². The Bertz CT molecular complexity index is 377. The number of aliphatic hydroxyl groups is 1. The van der Waals surface area contributed by atoms with Crippen LogP contribution < -0.4 is 10.1 Å². The van der Waals surface area contributed by atoms with E-state index in [0.717, 1.165) is 6.42 Å². The molecule has 18 heavy (non-hydrogen) atoms. The second-order valence-corrected chi connectivity index (χ2v) is 4.38. The van der Waals surface area contributed by atoms with Crippen molar-refractivity contribution in [3.05, 3.63) is 29.8 Å². The van der Waals surface area contributed by atoms with Gasteiger partial charge in [0.1, 0.15) is 5.75 Å². The molecule has 4 nitrogen and oxygen atoms in total. The molecule has 0 radical (unpaired) electrons. The minimum absolute atomic E-state index is 0.0906. The Labute approximate surface area is 108 Å². The standard InChI is InChI=1S/C14H21NO3/c1-11(2)18-13-7-5-6-12(10-13)14(17)15-8-3-4-9-16/h5-7,10-11,16H,3-4,8-9H2,1-2H3,(H,15,17). The van der Waals surface area contributed by atoms with Crippen molar-refractivity contribution in [2.45, 2.75) is 32.8 Å². The topological polar surface area (TPSA) is 58.6 Å². The summed E-state index contributed by atoms with van der Waals surface area (Å²) in [5.74, 6) is 0.593. The van der Waals surface area contributed by atoms with E-state index in [9.17, 15) is 4.79 Å². The number of ether oxygens (including phenoxy) is 1. The van der Waals surface area contributed by atoms with Crippen LogP contribution in [-0.2, 0) is 0 Å². The number of rotatable bonds is 7. The average molecular weight is 251 g/mol. The van der Waals surface area contributed by atoms with Gasteiger partial charge in [-0.3, -0.25) is 4.79 Å². The first-order valence-corrected chi connectivity index (χ1v) is 6.29. The molecule has 4 heteroatoms. The normalized spacial score (nSPS) is 10.4. The molecule has 0 bridgehead atoms. The maximum Gasteiger partial charge on any atom is 0.251 e. The SMILES string of the molecule is CC(C)Oc1cccc(C(=O)NCCCCO)c1. The van der Waals surface area contributed by atoms with Crippen LogP contribution in [0.5, 0.6) is 5.75 Å². The summed E-state index contributed by atoms with van der Waals surface area (Å²) in [6, 6.07) is 7.14. The third-order valence-corrected chi connectivity index (χ3v) is 2.34. The molecule has 0 spiro atoms. The van der Waals surface area contributed by atoms with E-state index in [4.69, 9.17) is 9.84 Å². The predicted molar refractivity (Wildman–Crippen MR) is 70.9 cm³/mol. The Morgan fingerprint density at radius 2 is 2.17 bits per heavy atom. The monoisotopic (exact) mass is 251 g/mol. The molecule has 0 saturated carbocycles. The lowest BCUT2D eigenvalue weighted by Crippen LogP contribution is -2.24. The maximum atomic E-state index is 11.8. The van der Waals surface area contributed by atoms with E-state index in [1.54, 1.807) is 18.2 Å². The zero-order valence-electron chi connectivity index (χ0n) is 11.0. The molecular weight excluding hydrogens is 230 g/mol. The largest absolute Gasteiger partial charge is 0.491 e. The van der Waals surface area contributed by atoms with Crippen LogP contribution in [0.4, 0.5) is 0 Å². The summed E-state index contributed by atoms with van der Waals surface area (Å²) in [7, 11) is 0. The van der Waals surface area contributed by atoms with Crippen LogP contribution in [0.1, 0.15) is 37.0 Å². The molecule has 1 amide bonds. The lowest BCUT2D eigenvalue weighted by molar-refractivity contribution is 0.0951. The van der Waals surface area contributed by atoms with E-state index in [1.165, 1.54) is 0 Å². The first-order valence-electron chi connectivity index (χ1n) is 6.29. The van der Waals surface area contributed by atoms with Crippen molar-refractivity contribution in [2.75, 3.05) is 13.2 Å². The van der Waals surface area contributed by atoms with Crippen LogP contribution >= 0.6 is 0 Å². The number of carbonyl (C=O) groups is 1. The minimum atomic E-state index is -0.109. The van der Waals surface area contributed by atoms with E-state index < -0.39 is 0 Å². The summed E-state index contributed by atoms with van der Waals surface area (Å²) in [4.78, 5) is 11.8. The number of aliphatic hydroxyl groups excluding tert-OH is 1. The molecule has 0 unspecified atom stereocenters. The highest BCUT2D eigenvalue weighted by atomic mass is 16.5. The van der Waals surface area contributed by atoms with E-state index in [1.807, 2.05) is 19.9 Å². The molecule has 100 valence electrons. The average Bonchev–Trinajstić information content (AvgIpc) is 2.34. The summed E-state index contributed by atoms with van der Waals surface area (Å²) in [6.45, 7) is 4.63. The van der Waals surface area contributed by atoms with Crippen LogP contribution in [0.3, 0.4) is 0 Å². The van der Waals surface area contributed by atoms with Gasteiger partial charge in [-0.1, -0.05) is 6.07 Å². The highest BCUT2D eigenvalue weighted by molar-refractivity contribution is 5.94. The maximum absolute atomic E-state index is 11.8. The van der Waals surface area contributed by atoms with Crippen LogP contribution in [-0.4, -0.2) is 30.3 Å². The van der Waals surface area contributed by atoms with E-state index in [-0.39, 0.29) is 18.6 Å². The van der Waals surface area contributed by atoms with Crippen LogP contribution in [0, 0.1) is 0 Å². The van der Waals surface area contributed by atoms with Gasteiger partial charge in [0.25, 0.3) is 5.91 Å². The lowest BCUT2D eigenvalue weighted by atomic mass is 10.2. The quantitative estimate of drug-likeness (QED) is 0.728. The number of carbonyl (C=O) groups excluding carboxylic acids is 1. The van der Waals surface area contributed by atoms with Gasteiger partial charge in [-0.05, 0) is 44.9 Å². The number of nitrogens with one attached hydrogen (secondary N) is 1. The van der Waals surface area contributed by atoms with Crippen molar-refractivity contribution < 1.29 is 14.6 Å². The molecule has 0 aliphatic rings. The molecule has 1 aromatic rings. The zero-order chi connectivity index (χ0) is 13.4. The molecule has 0 atom stereocenters. The van der Waals surface area contributed by atoms with Gasteiger partial charge in [0, 0.05) is 18.7 Å². The number of unbranched alkanes of at least 4 members (excludes halogenated alkanes) is 1. The molecule has 2 N–H and O–H groups in total. The molecular formula is C14H21NO3. The van der Waals surface area contributed by atoms with Crippen LogP contribution in [0.2, 0.25) is 0 Å². The number of hydrogen-bond acceptors (Lipinski definition) is 3. The summed E-state index contributed by atoms with van der Waals surface area (Å²) in [5, 5.41) is 11.4. The van der Waals surface area contributed by atoms with Crippen molar-refractivity contribution in [2.24, 2.45) is 0 Å². The van der Waals surface area contributed by atoms with Gasteiger partial charge in [-0.15, -0.1) is 0 Å². The van der Waals surface area contributed by atoms with Gasteiger partial charge in [0.15, 0.2) is 0 Å². The lowest BCUT2D eigenvalue weighted by Gasteiger charge is -2.11. The Morgan fingerprint density at radius 3 is 2.83 bits per heavy atom. The first-order chi connectivity index (χ1) is 8.63. The summed E-state index contributed by atoms with van der Waals surface area (Å²) < 4.78 is 5.53. The summed E-state index contributed by atoms with van der Waals surface area (Å²) >= 11 is 0. The molecule has 0 heterocycles. The molecule has 0 fully saturated rings. The van der Waals surface area contributed by atoms with Gasteiger partial charge in [-0.2, -0.15) is 0 Å². The Hall–Kier alpha value is -1.55. The second-order valence-electron chi connectivity index (χ2n) is 4.38. The van der Waals surface area contributed by atoms with Crippen molar-refractivity contribution >= 4 is 5.91 Å². The Balaban J connectivity index is 2.51. The third kappa shape index (κ3) is 5.19. The van der Waals surface area contributed by atoms with Gasteiger partial charge >= 0.3 is 0 Å². The fourth-order valence-corrected chi connectivity index (χ4v) is 1.52. The molecule has 1 aromatic carbocycles. The number of hydrogen-bond donors (Lipinski definition) is 2. The molecule has 0 aliphatic carbocycles. The Morgan fingerprint density at radius 1 is 1.39 bits per heavy atom. The third-order valence-electron chi connectivity index (χ3n) is 2.34. The minimum Gasteiger partial charge on any atom is -0.491 e. The summed E-state index contributed by atoms with van der Waals surface area (Å²) in [6.07, 6.45) is 1.58. The number of amides is 1. The zero-order valence-corrected chi connectivity index (χ0v) is 11.0. The highest BCUT2D eigenvalue weighted by Gasteiger charge is 2.06. The summed E-state index contributed by atoms with van der Waals surface area (Å²) in [5.41, 5.74) is 0.595. The second kappa shape index (κ2) is 7.71. The fraction of sp³-hybridized carbons (Fsp3) is 0.500. The van der Waals surface area contributed by atoms with Gasteiger partial charge in [0.05, 0.1) is 6.10 Å². The predicted octanol–water partition coefficient (Wildman–Crippen LogP) is 1.98. The van der Waals surface area contributed by atoms with E-state index >= 15 is 0 Å². The van der Waals surface area contributed by atoms with Gasteiger partial charge in [-0.25, -0.2) is 0 Å². The molecule has 1 rings (SSSR count). The smallest absolute Gasteiger partial charge is 0.251 e. The van der Waals surface area contributed by atoms with Gasteiger partial charge < -0.3 is 15.2 Å². The van der Waals surface area contributed by atoms with Crippen molar-refractivity contribution in [3.8, 4) is 5.75 Å². The van der Waals surface area contributed by atoms with E-state index in [2.05, 4.69) is 5.32 Å². The van der Waals surface area contributed by atoms with E-state index in [0.29, 0.717) is 24.3 Å². The van der Waals surface area contributed by atoms with Crippen LogP contribution in [0.15, 0.2) is 24.3 Å². The molecule has 0 aromatic heterocycles. The number of benzene rings is 1. The molecule has 0 saturated heterocycles. The first kappa shape index (κ1) is 14.5. The van der Waals surface area contributed by atoms with Crippen molar-refractivity contribution in [3.63, 3.8) is 0 Å². The van der Waals surface area contributed by atoms with Crippen molar-refractivity contribution in [1.29, 1.82) is 0 Å². The van der Waals surface area contributed by atoms with Gasteiger partial charge in [0.2, 0.25) is 0 Å².